The van der Waals surface area contributed by atoms with Gasteiger partial charge in [-0.25, -0.2) is 0 Å². The molecule has 0 atom stereocenters. The molecule has 4 nitrogen and oxygen atoms in total. The lowest BCUT2D eigenvalue weighted by Crippen LogP contribution is -2.28. The standard InChI is InChI=1S/C18H21NO3/c1-3-21-16-9-7-15(8-10-16)18(20)19-11-12-22-17-6-4-5-14(2)13-17/h4-10,13H,3,11-12H2,1-2H3,(H,19,20). The van der Waals surface area contributed by atoms with Crippen molar-refractivity contribution in [1.82, 2.24) is 5.32 Å². The molecular formula is C18H21NO3. The van der Waals surface area contributed by atoms with Crippen molar-refractivity contribution in [1.29, 1.82) is 0 Å². The average Bonchev–Trinajstić information content (AvgIpc) is 2.52. The molecule has 1 N–H and O–H groups in total. The number of hydrogen-bond acceptors (Lipinski definition) is 3. The molecule has 0 heterocycles. The molecule has 0 saturated heterocycles. The van der Waals surface area contributed by atoms with Gasteiger partial charge in [0, 0.05) is 5.56 Å². The number of aryl methyl sites for hydroxylation is 1. The zero-order chi connectivity index (χ0) is 15.8. The van der Waals surface area contributed by atoms with Gasteiger partial charge in [0.1, 0.15) is 18.1 Å². The summed E-state index contributed by atoms with van der Waals surface area (Å²) in [5, 5.41) is 2.83. The topological polar surface area (TPSA) is 47.6 Å². The van der Waals surface area contributed by atoms with Crippen LogP contribution in [-0.2, 0) is 0 Å². The van der Waals surface area contributed by atoms with Crippen LogP contribution in [0, 0.1) is 6.92 Å². The molecule has 0 radical (unpaired) electrons. The Labute approximate surface area is 131 Å². The molecule has 0 aliphatic heterocycles. The van der Waals surface area contributed by atoms with Gasteiger partial charge < -0.3 is 14.8 Å². The van der Waals surface area contributed by atoms with E-state index < -0.39 is 0 Å². The number of hydrogen-bond donors (Lipinski definition) is 1. The Kier molecular flexibility index (Phi) is 5.83. The van der Waals surface area contributed by atoms with Crippen molar-refractivity contribution in [2.75, 3.05) is 19.8 Å². The van der Waals surface area contributed by atoms with Crippen molar-refractivity contribution in [3.63, 3.8) is 0 Å². The first-order valence-electron chi connectivity index (χ1n) is 7.39. The third-order valence-electron chi connectivity index (χ3n) is 3.07. The van der Waals surface area contributed by atoms with Gasteiger partial charge in [0.25, 0.3) is 5.91 Å². The Balaban J connectivity index is 1.75. The van der Waals surface area contributed by atoms with Gasteiger partial charge in [-0.2, -0.15) is 0 Å². The van der Waals surface area contributed by atoms with Crippen molar-refractivity contribution in [3.8, 4) is 11.5 Å². The number of amides is 1. The zero-order valence-electron chi connectivity index (χ0n) is 13.0. The molecule has 0 aromatic heterocycles. The fourth-order valence-electron chi connectivity index (χ4n) is 2.01. The number of carbonyl (C=O) groups is 1. The first-order valence-corrected chi connectivity index (χ1v) is 7.39. The quantitative estimate of drug-likeness (QED) is 0.799. The minimum atomic E-state index is -0.115. The van der Waals surface area contributed by atoms with Gasteiger partial charge in [-0.3, -0.25) is 4.79 Å². The van der Waals surface area contributed by atoms with Crippen LogP contribution in [0.3, 0.4) is 0 Å². The summed E-state index contributed by atoms with van der Waals surface area (Å²) in [5.74, 6) is 1.47. The van der Waals surface area contributed by atoms with Gasteiger partial charge in [-0.05, 0) is 55.8 Å². The SMILES string of the molecule is CCOc1ccc(C(=O)NCCOc2cccc(C)c2)cc1. The zero-order valence-corrected chi connectivity index (χ0v) is 13.0. The fourth-order valence-corrected chi connectivity index (χ4v) is 2.01. The molecule has 0 aliphatic carbocycles. The van der Waals surface area contributed by atoms with Gasteiger partial charge in [-0.15, -0.1) is 0 Å². The van der Waals surface area contributed by atoms with E-state index in [1.165, 1.54) is 0 Å². The van der Waals surface area contributed by atoms with Gasteiger partial charge in [0.15, 0.2) is 0 Å². The van der Waals surface area contributed by atoms with Crippen LogP contribution in [0.15, 0.2) is 48.5 Å². The number of benzene rings is 2. The molecule has 0 aliphatic rings. The van der Waals surface area contributed by atoms with Crippen molar-refractivity contribution >= 4 is 5.91 Å². The monoisotopic (exact) mass is 299 g/mol. The molecule has 2 rings (SSSR count). The normalized spacial score (nSPS) is 10.1. The molecule has 0 saturated carbocycles. The summed E-state index contributed by atoms with van der Waals surface area (Å²) in [6.45, 7) is 5.45. The molecule has 116 valence electrons. The van der Waals surface area contributed by atoms with Crippen LogP contribution in [0.1, 0.15) is 22.8 Å². The summed E-state index contributed by atoms with van der Waals surface area (Å²) in [7, 11) is 0. The smallest absolute Gasteiger partial charge is 0.251 e. The first-order chi connectivity index (χ1) is 10.7. The highest BCUT2D eigenvalue weighted by Crippen LogP contribution is 2.13. The molecule has 1 amide bonds. The minimum Gasteiger partial charge on any atom is -0.494 e. The van der Waals surface area contributed by atoms with Gasteiger partial charge in [0.2, 0.25) is 0 Å². The number of ether oxygens (including phenoxy) is 2. The van der Waals surface area contributed by atoms with Crippen molar-refractivity contribution in [3.05, 3.63) is 59.7 Å². The Morgan fingerprint density at radius 1 is 1.05 bits per heavy atom. The molecule has 0 bridgehead atoms. The average molecular weight is 299 g/mol. The van der Waals surface area contributed by atoms with Crippen LogP contribution in [0.4, 0.5) is 0 Å². The summed E-state index contributed by atoms with van der Waals surface area (Å²) >= 11 is 0. The Morgan fingerprint density at radius 2 is 1.82 bits per heavy atom. The number of nitrogens with one attached hydrogen (secondary N) is 1. The van der Waals surface area contributed by atoms with E-state index in [1.807, 2.05) is 38.1 Å². The molecule has 2 aromatic carbocycles. The maximum atomic E-state index is 12.0. The van der Waals surface area contributed by atoms with Crippen molar-refractivity contribution < 1.29 is 14.3 Å². The molecule has 0 fully saturated rings. The highest BCUT2D eigenvalue weighted by atomic mass is 16.5. The Morgan fingerprint density at radius 3 is 2.50 bits per heavy atom. The second-order valence-corrected chi connectivity index (χ2v) is 4.88. The minimum absolute atomic E-state index is 0.115. The molecule has 0 spiro atoms. The summed E-state index contributed by atoms with van der Waals surface area (Å²) in [6.07, 6.45) is 0. The Bertz CT molecular complexity index is 608. The van der Waals surface area contributed by atoms with Gasteiger partial charge in [0.05, 0.1) is 13.2 Å². The predicted octanol–water partition coefficient (Wildman–Crippen LogP) is 3.20. The van der Waals surface area contributed by atoms with Gasteiger partial charge in [-0.1, -0.05) is 12.1 Å². The third-order valence-corrected chi connectivity index (χ3v) is 3.07. The van der Waals surface area contributed by atoms with E-state index in [0.29, 0.717) is 25.3 Å². The molecule has 0 unspecified atom stereocenters. The van der Waals surface area contributed by atoms with E-state index in [0.717, 1.165) is 17.1 Å². The van der Waals surface area contributed by atoms with Crippen molar-refractivity contribution in [2.24, 2.45) is 0 Å². The number of rotatable bonds is 7. The molecule has 22 heavy (non-hydrogen) atoms. The largest absolute Gasteiger partial charge is 0.494 e. The summed E-state index contributed by atoms with van der Waals surface area (Å²) in [5.41, 5.74) is 1.76. The van der Waals surface area contributed by atoms with E-state index in [9.17, 15) is 4.79 Å². The van der Waals surface area contributed by atoms with E-state index in [4.69, 9.17) is 9.47 Å². The lowest BCUT2D eigenvalue weighted by atomic mass is 10.2. The lowest BCUT2D eigenvalue weighted by molar-refractivity contribution is 0.0947. The summed E-state index contributed by atoms with van der Waals surface area (Å²) in [4.78, 5) is 12.0. The lowest BCUT2D eigenvalue weighted by Gasteiger charge is -2.09. The van der Waals surface area contributed by atoms with Crippen LogP contribution < -0.4 is 14.8 Å². The fraction of sp³-hybridized carbons (Fsp3) is 0.278. The first kappa shape index (κ1) is 15.9. The maximum Gasteiger partial charge on any atom is 0.251 e. The van der Waals surface area contributed by atoms with Crippen molar-refractivity contribution in [2.45, 2.75) is 13.8 Å². The van der Waals surface area contributed by atoms with E-state index in [-0.39, 0.29) is 5.91 Å². The maximum absolute atomic E-state index is 12.0. The molecular weight excluding hydrogens is 278 g/mol. The highest BCUT2D eigenvalue weighted by Gasteiger charge is 2.05. The van der Waals surface area contributed by atoms with E-state index >= 15 is 0 Å². The van der Waals surface area contributed by atoms with E-state index in [1.54, 1.807) is 24.3 Å². The third kappa shape index (κ3) is 4.81. The summed E-state index contributed by atoms with van der Waals surface area (Å²) in [6, 6.07) is 14.9. The van der Waals surface area contributed by atoms with Crippen LogP contribution in [-0.4, -0.2) is 25.7 Å². The second kappa shape index (κ2) is 8.08. The Hall–Kier alpha value is -2.49. The van der Waals surface area contributed by atoms with Crippen LogP contribution in [0.5, 0.6) is 11.5 Å². The van der Waals surface area contributed by atoms with Crippen LogP contribution >= 0.6 is 0 Å². The van der Waals surface area contributed by atoms with Crippen LogP contribution in [0.25, 0.3) is 0 Å². The highest BCUT2D eigenvalue weighted by molar-refractivity contribution is 5.94. The predicted molar refractivity (Wildman–Crippen MR) is 86.6 cm³/mol. The molecule has 2 aromatic rings. The van der Waals surface area contributed by atoms with Gasteiger partial charge >= 0.3 is 0 Å². The number of carbonyl (C=O) groups excluding carboxylic acids is 1. The summed E-state index contributed by atoms with van der Waals surface area (Å²) < 4.78 is 10.9. The molecule has 4 heteroatoms. The van der Waals surface area contributed by atoms with E-state index in [2.05, 4.69) is 5.32 Å². The second-order valence-electron chi connectivity index (χ2n) is 4.88. The van der Waals surface area contributed by atoms with Crippen LogP contribution in [0.2, 0.25) is 0 Å².